The number of hydrogen-bond acceptors (Lipinski definition) is 4. The zero-order valence-corrected chi connectivity index (χ0v) is 17.5. The molecule has 31 heavy (non-hydrogen) atoms. The molecule has 166 valence electrons. The van der Waals surface area contributed by atoms with Gasteiger partial charge in [0.25, 0.3) is 5.91 Å². The van der Waals surface area contributed by atoms with Crippen molar-refractivity contribution in [3.63, 3.8) is 0 Å². The highest BCUT2D eigenvalue weighted by atomic mass is 19.4. The Hall–Kier alpha value is -3.23. The van der Waals surface area contributed by atoms with Crippen LogP contribution in [0.5, 0.6) is 5.75 Å². The van der Waals surface area contributed by atoms with Gasteiger partial charge in [0.2, 0.25) is 0 Å². The second kappa shape index (κ2) is 9.28. The summed E-state index contributed by atoms with van der Waals surface area (Å²) in [4.78, 5) is 12.2. The Balaban J connectivity index is 1.45. The smallest absolute Gasteiger partial charge is 0.435 e. The Kier molecular flexibility index (Phi) is 6.72. The van der Waals surface area contributed by atoms with E-state index in [1.807, 2.05) is 32.0 Å². The highest BCUT2D eigenvalue weighted by Gasteiger charge is 2.34. The van der Waals surface area contributed by atoms with Gasteiger partial charge in [0.1, 0.15) is 18.1 Å². The number of nitrogens with zero attached hydrogens (tertiary/aromatic N) is 2. The predicted octanol–water partition coefficient (Wildman–Crippen LogP) is 4.82. The van der Waals surface area contributed by atoms with Gasteiger partial charge in [-0.25, -0.2) is 0 Å². The van der Waals surface area contributed by atoms with Gasteiger partial charge in [-0.2, -0.15) is 18.3 Å². The first-order valence-electron chi connectivity index (χ1n) is 9.81. The zero-order valence-electron chi connectivity index (χ0n) is 17.5. The van der Waals surface area contributed by atoms with E-state index in [0.29, 0.717) is 17.9 Å². The van der Waals surface area contributed by atoms with Gasteiger partial charge in [-0.3, -0.25) is 9.48 Å². The minimum absolute atomic E-state index is 0.147. The van der Waals surface area contributed by atoms with E-state index in [4.69, 9.17) is 9.15 Å². The topological polar surface area (TPSA) is 69.3 Å². The van der Waals surface area contributed by atoms with E-state index in [1.165, 1.54) is 4.68 Å². The lowest BCUT2D eigenvalue weighted by Crippen LogP contribution is -2.25. The van der Waals surface area contributed by atoms with Crippen molar-refractivity contribution in [3.05, 3.63) is 70.4 Å². The number of rotatable bonds is 8. The van der Waals surface area contributed by atoms with Crippen LogP contribution in [0.1, 0.15) is 45.3 Å². The quantitative estimate of drug-likeness (QED) is 0.515. The SMILES string of the molecule is Cc1cc(C)cc(OCc2ccc(C(=O)NCCCn3nc(C(F)(F)F)cc3C)o2)c1. The van der Waals surface area contributed by atoms with Crippen molar-refractivity contribution in [2.75, 3.05) is 6.54 Å². The van der Waals surface area contributed by atoms with Crippen LogP contribution in [0.3, 0.4) is 0 Å². The number of furan rings is 1. The fourth-order valence-electron chi connectivity index (χ4n) is 3.14. The molecule has 0 unspecified atom stereocenters. The van der Waals surface area contributed by atoms with Crippen LogP contribution in [0.15, 0.2) is 40.8 Å². The lowest BCUT2D eigenvalue weighted by molar-refractivity contribution is -0.141. The molecule has 1 amide bonds. The number of alkyl halides is 3. The van der Waals surface area contributed by atoms with E-state index in [2.05, 4.69) is 10.4 Å². The normalized spacial score (nSPS) is 11.5. The van der Waals surface area contributed by atoms with Gasteiger partial charge in [-0.05, 0) is 68.7 Å². The maximum atomic E-state index is 12.7. The average molecular weight is 435 g/mol. The van der Waals surface area contributed by atoms with Crippen LogP contribution in [0.25, 0.3) is 0 Å². The van der Waals surface area contributed by atoms with Gasteiger partial charge in [-0.15, -0.1) is 0 Å². The van der Waals surface area contributed by atoms with Gasteiger partial charge in [0, 0.05) is 18.8 Å². The Bertz CT molecular complexity index is 1030. The van der Waals surface area contributed by atoms with Crippen molar-refractivity contribution in [2.45, 2.75) is 46.5 Å². The Labute approximate surface area is 178 Å². The van der Waals surface area contributed by atoms with Crippen LogP contribution in [-0.2, 0) is 19.3 Å². The van der Waals surface area contributed by atoms with E-state index >= 15 is 0 Å². The van der Waals surface area contributed by atoms with Crippen molar-refractivity contribution >= 4 is 5.91 Å². The molecule has 0 aliphatic rings. The fraction of sp³-hybridized carbons (Fsp3) is 0.364. The number of nitrogens with one attached hydrogen (secondary N) is 1. The van der Waals surface area contributed by atoms with Crippen LogP contribution in [0, 0.1) is 20.8 Å². The molecule has 0 spiro atoms. The molecule has 0 atom stereocenters. The number of ether oxygens (including phenoxy) is 1. The summed E-state index contributed by atoms with van der Waals surface area (Å²) in [5.41, 5.74) is 1.68. The third-order valence-electron chi connectivity index (χ3n) is 4.57. The Morgan fingerprint density at radius 2 is 1.84 bits per heavy atom. The van der Waals surface area contributed by atoms with Crippen LogP contribution in [0.4, 0.5) is 13.2 Å². The number of aromatic nitrogens is 2. The van der Waals surface area contributed by atoms with Crippen LogP contribution in [-0.4, -0.2) is 22.2 Å². The summed E-state index contributed by atoms with van der Waals surface area (Å²) < 4.78 is 50.6. The molecule has 9 heteroatoms. The number of carbonyl (C=O) groups excluding carboxylic acids is 1. The molecule has 3 aromatic rings. The van der Waals surface area contributed by atoms with Gasteiger partial charge in [0.05, 0.1) is 0 Å². The van der Waals surface area contributed by atoms with E-state index in [-0.39, 0.29) is 25.5 Å². The predicted molar refractivity (Wildman–Crippen MR) is 108 cm³/mol. The number of benzene rings is 1. The second-order valence-corrected chi connectivity index (χ2v) is 7.38. The van der Waals surface area contributed by atoms with Gasteiger partial charge in [0.15, 0.2) is 11.5 Å². The molecule has 1 N–H and O–H groups in total. The van der Waals surface area contributed by atoms with E-state index in [1.54, 1.807) is 19.1 Å². The average Bonchev–Trinajstić information content (AvgIpc) is 3.29. The molecule has 0 saturated carbocycles. The molecular weight excluding hydrogens is 411 g/mol. The van der Waals surface area contributed by atoms with E-state index < -0.39 is 17.8 Å². The molecule has 0 saturated heterocycles. The molecule has 1 aromatic carbocycles. The standard InChI is InChI=1S/C22H24F3N3O3/c1-14-9-15(2)11-18(10-14)30-13-17-5-6-19(31-17)21(29)26-7-4-8-28-16(3)12-20(27-28)22(23,24)25/h5-6,9-12H,4,7-8,13H2,1-3H3,(H,26,29). The summed E-state index contributed by atoms with van der Waals surface area (Å²) in [6.07, 6.45) is -4.04. The molecule has 3 rings (SSSR count). The minimum atomic E-state index is -4.47. The van der Waals surface area contributed by atoms with Crippen molar-refractivity contribution in [1.29, 1.82) is 0 Å². The molecule has 0 aliphatic heterocycles. The van der Waals surface area contributed by atoms with Crippen LogP contribution in [0.2, 0.25) is 0 Å². The lowest BCUT2D eigenvalue weighted by Gasteiger charge is -2.07. The summed E-state index contributed by atoms with van der Waals surface area (Å²) >= 11 is 0. The van der Waals surface area contributed by atoms with Crippen molar-refractivity contribution in [1.82, 2.24) is 15.1 Å². The number of hydrogen-bond donors (Lipinski definition) is 1. The second-order valence-electron chi connectivity index (χ2n) is 7.38. The molecule has 6 nitrogen and oxygen atoms in total. The lowest BCUT2D eigenvalue weighted by atomic mass is 10.1. The molecule has 0 fully saturated rings. The number of amides is 1. The van der Waals surface area contributed by atoms with Crippen molar-refractivity contribution < 1.29 is 27.1 Å². The molecule has 2 heterocycles. The summed E-state index contributed by atoms with van der Waals surface area (Å²) in [7, 11) is 0. The van der Waals surface area contributed by atoms with Crippen LogP contribution < -0.4 is 10.1 Å². The molecule has 0 radical (unpaired) electrons. The summed E-state index contributed by atoms with van der Waals surface area (Å²) in [6, 6.07) is 10.1. The first kappa shape index (κ1) is 22.5. The summed E-state index contributed by atoms with van der Waals surface area (Å²) in [6.45, 7) is 6.25. The van der Waals surface area contributed by atoms with Gasteiger partial charge >= 0.3 is 6.18 Å². The third kappa shape index (κ3) is 6.13. The maximum absolute atomic E-state index is 12.7. The number of aryl methyl sites for hydroxylation is 4. The Morgan fingerprint density at radius 3 is 2.48 bits per heavy atom. The maximum Gasteiger partial charge on any atom is 0.435 e. The zero-order chi connectivity index (χ0) is 22.6. The third-order valence-corrected chi connectivity index (χ3v) is 4.57. The largest absolute Gasteiger partial charge is 0.486 e. The number of halogens is 3. The first-order chi connectivity index (χ1) is 14.6. The fourth-order valence-corrected chi connectivity index (χ4v) is 3.14. The van der Waals surface area contributed by atoms with Gasteiger partial charge < -0.3 is 14.5 Å². The van der Waals surface area contributed by atoms with Crippen molar-refractivity contribution in [2.24, 2.45) is 0 Å². The first-order valence-corrected chi connectivity index (χ1v) is 9.81. The molecule has 0 aliphatic carbocycles. The van der Waals surface area contributed by atoms with Crippen LogP contribution >= 0.6 is 0 Å². The summed E-state index contributed by atoms with van der Waals surface area (Å²) in [5.74, 6) is 0.984. The van der Waals surface area contributed by atoms with Gasteiger partial charge in [-0.1, -0.05) is 6.07 Å². The van der Waals surface area contributed by atoms with E-state index in [9.17, 15) is 18.0 Å². The molecular formula is C22H24F3N3O3. The highest BCUT2D eigenvalue weighted by molar-refractivity contribution is 5.91. The number of carbonyl (C=O) groups is 1. The minimum Gasteiger partial charge on any atom is -0.486 e. The van der Waals surface area contributed by atoms with E-state index in [0.717, 1.165) is 22.9 Å². The Morgan fingerprint density at radius 1 is 1.13 bits per heavy atom. The van der Waals surface area contributed by atoms with Crippen molar-refractivity contribution in [3.8, 4) is 5.75 Å². The summed E-state index contributed by atoms with van der Waals surface area (Å²) in [5, 5.41) is 6.25. The monoisotopic (exact) mass is 435 g/mol. The highest BCUT2D eigenvalue weighted by Crippen LogP contribution is 2.28. The molecule has 0 bridgehead atoms. The molecule has 2 aromatic heterocycles.